The molecule has 0 aliphatic heterocycles. The zero-order valence-electron chi connectivity index (χ0n) is 10.7. The van der Waals surface area contributed by atoms with Gasteiger partial charge < -0.3 is 4.90 Å². The van der Waals surface area contributed by atoms with Gasteiger partial charge in [-0.1, -0.05) is 27.4 Å². The van der Waals surface area contributed by atoms with Crippen molar-refractivity contribution in [2.75, 3.05) is 7.05 Å². The highest BCUT2D eigenvalue weighted by Crippen LogP contribution is 2.22. The number of aliphatic imine (C=N–C) groups is 1. The highest BCUT2D eigenvalue weighted by Gasteiger charge is 2.19. The summed E-state index contributed by atoms with van der Waals surface area (Å²) in [5.41, 5.74) is 1.24. The summed E-state index contributed by atoms with van der Waals surface area (Å²) in [5, 5.41) is 0. The molecule has 2 heteroatoms. The number of nitrogens with zero attached hydrogens (tertiary/aromatic N) is 2. The third kappa shape index (κ3) is 3.95. The summed E-state index contributed by atoms with van der Waals surface area (Å²) in [6.45, 7) is 16.7. The van der Waals surface area contributed by atoms with E-state index in [1.807, 2.05) is 25.8 Å². The number of allylic oxidation sites excluding steroid dienone is 1. The van der Waals surface area contributed by atoms with Crippen molar-refractivity contribution in [2.24, 2.45) is 10.4 Å². The molecule has 0 saturated heterocycles. The Balaban J connectivity index is 4.60. The van der Waals surface area contributed by atoms with E-state index in [2.05, 4.69) is 39.3 Å². The van der Waals surface area contributed by atoms with Crippen molar-refractivity contribution >= 4 is 5.84 Å². The molecular weight excluding hydrogens is 172 g/mol. The summed E-state index contributed by atoms with van der Waals surface area (Å²) < 4.78 is 0. The van der Waals surface area contributed by atoms with Gasteiger partial charge in [0.2, 0.25) is 0 Å². The molecule has 0 amide bonds. The lowest BCUT2D eigenvalue weighted by molar-refractivity contribution is 0.339. The van der Waals surface area contributed by atoms with Gasteiger partial charge in [0.05, 0.1) is 11.9 Å². The minimum absolute atomic E-state index is 0.219. The number of hydrogen-bond acceptors (Lipinski definition) is 1. The van der Waals surface area contributed by atoms with Gasteiger partial charge in [0.15, 0.2) is 0 Å². The van der Waals surface area contributed by atoms with E-state index >= 15 is 0 Å². The van der Waals surface area contributed by atoms with E-state index in [9.17, 15) is 0 Å². The fraction of sp³-hybridized carbons (Fsp3) is 0.750. The van der Waals surface area contributed by atoms with Crippen molar-refractivity contribution in [1.29, 1.82) is 0 Å². The second-order valence-electron chi connectivity index (χ2n) is 5.01. The first-order valence-electron chi connectivity index (χ1n) is 5.10. The van der Waals surface area contributed by atoms with Crippen LogP contribution in [0.3, 0.4) is 0 Å². The summed E-state index contributed by atoms with van der Waals surface area (Å²) >= 11 is 0. The maximum Gasteiger partial charge on any atom is 0.0999 e. The predicted octanol–water partition coefficient (Wildman–Crippen LogP) is 3.30. The van der Waals surface area contributed by atoms with Crippen LogP contribution in [0.15, 0.2) is 17.3 Å². The molecule has 0 aromatic heterocycles. The minimum Gasteiger partial charge on any atom is -0.338 e. The molecule has 0 aromatic carbocycles. The lowest BCUT2D eigenvalue weighted by Gasteiger charge is -2.26. The minimum atomic E-state index is 0.219. The third-order valence-corrected chi connectivity index (χ3v) is 2.69. The summed E-state index contributed by atoms with van der Waals surface area (Å²) in [6, 6.07) is 0.323. The first kappa shape index (κ1) is 13.2. The lowest BCUT2D eigenvalue weighted by atomic mass is 9.88. The van der Waals surface area contributed by atoms with Gasteiger partial charge in [-0.3, -0.25) is 4.99 Å². The molecule has 0 heterocycles. The molecular formula is C12H24N2. The van der Waals surface area contributed by atoms with Gasteiger partial charge in [-0.15, -0.1) is 0 Å². The average Bonchev–Trinajstić information content (AvgIpc) is 2.00. The van der Waals surface area contributed by atoms with E-state index in [0.717, 1.165) is 11.5 Å². The summed E-state index contributed by atoms with van der Waals surface area (Å²) in [4.78, 5) is 6.67. The Morgan fingerprint density at radius 1 is 1.29 bits per heavy atom. The van der Waals surface area contributed by atoms with Crippen LogP contribution < -0.4 is 0 Å². The molecule has 82 valence electrons. The Morgan fingerprint density at radius 3 is 2.00 bits per heavy atom. The van der Waals surface area contributed by atoms with Crippen LogP contribution in [0.1, 0.15) is 41.5 Å². The van der Waals surface area contributed by atoms with Gasteiger partial charge in [0.1, 0.15) is 0 Å². The summed E-state index contributed by atoms with van der Waals surface area (Å²) in [7, 11) is 2.00. The Hall–Kier alpha value is -0.790. The van der Waals surface area contributed by atoms with Crippen molar-refractivity contribution in [1.82, 2.24) is 4.90 Å². The summed E-state index contributed by atoms with van der Waals surface area (Å²) in [6.07, 6.45) is 0. The van der Waals surface area contributed by atoms with E-state index in [1.165, 1.54) is 0 Å². The van der Waals surface area contributed by atoms with Crippen LogP contribution in [-0.2, 0) is 0 Å². The van der Waals surface area contributed by atoms with Crippen molar-refractivity contribution in [3.8, 4) is 0 Å². The first-order chi connectivity index (χ1) is 6.16. The lowest BCUT2D eigenvalue weighted by Crippen LogP contribution is -2.27. The number of hydrogen-bond donors (Lipinski definition) is 0. The van der Waals surface area contributed by atoms with Crippen molar-refractivity contribution in [3.05, 3.63) is 12.3 Å². The quantitative estimate of drug-likeness (QED) is 0.489. The van der Waals surface area contributed by atoms with Crippen LogP contribution in [-0.4, -0.2) is 23.8 Å². The van der Waals surface area contributed by atoms with Gasteiger partial charge in [0.25, 0.3) is 0 Å². The van der Waals surface area contributed by atoms with E-state index in [4.69, 9.17) is 0 Å². The Morgan fingerprint density at radius 2 is 1.71 bits per heavy atom. The van der Waals surface area contributed by atoms with E-state index < -0.39 is 0 Å². The molecule has 0 bridgehead atoms. The van der Waals surface area contributed by atoms with Crippen LogP contribution in [0.5, 0.6) is 0 Å². The molecule has 0 saturated carbocycles. The fourth-order valence-electron chi connectivity index (χ4n) is 0.837. The molecule has 0 spiro atoms. The first-order valence-corrected chi connectivity index (χ1v) is 5.10. The Bertz CT molecular complexity index is 233. The normalized spacial score (nSPS) is 15.2. The topological polar surface area (TPSA) is 15.6 Å². The average molecular weight is 196 g/mol. The molecule has 0 aromatic rings. The molecule has 1 atom stereocenters. The van der Waals surface area contributed by atoms with Gasteiger partial charge in [0, 0.05) is 12.7 Å². The standard InChI is InChI=1S/C12H24N2/c1-9(2)14(8)11(4)13-10(3)12(5,6)7/h10H,1H2,2-8H3. The van der Waals surface area contributed by atoms with Crippen LogP contribution >= 0.6 is 0 Å². The second kappa shape index (κ2) is 4.63. The van der Waals surface area contributed by atoms with Crippen molar-refractivity contribution < 1.29 is 0 Å². The third-order valence-electron chi connectivity index (χ3n) is 2.69. The van der Waals surface area contributed by atoms with Gasteiger partial charge in [-0.2, -0.15) is 0 Å². The van der Waals surface area contributed by atoms with Gasteiger partial charge in [-0.25, -0.2) is 0 Å². The van der Waals surface area contributed by atoms with Gasteiger partial charge in [-0.05, 0) is 26.2 Å². The smallest absolute Gasteiger partial charge is 0.0999 e. The molecule has 0 radical (unpaired) electrons. The molecule has 0 aliphatic carbocycles. The van der Waals surface area contributed by atoms with Crippen LogP contribution in [0, 0.1) is 5.41 Å². The molecule has 0 aliphatic rings. The van der Waals surface area contributed by atoms with Crippen LogP contribution in [0.2, 0.25) is 0 Å². The monoisotopic (exact) mass is 196 g/mol. The molecule has 2 nitrogen and oxygen atoms in total. The molecule has 0 N–H and O–H groups in total. The molecule has 0 rings (SSSR count). The molecule has 14 heavy (non-hydrogen) atoms. The predicted molar refractivity (Wildman–Crippen MR) is 64.6 cm³/mol. The molecule has 1 unspecified atom stereocenters. The Labute approximate surface area is 88.7 Å². The highest BCUT2D eigenvalue weighted by atomic mass is 15.2. The second-order valence-corrected chi connectivity index (χ2v) is 5.01. The zero-order valence-corrected chi connectivity index (χ0v) is 10.7. The van der Waals surface area contributed by atoms with Crippen molar-refractivity contribution in [2.45, 2.75) is 47.6 Å². The zero-order chi connectivity index (χ0) is 11.5. The van der Waals surface area contributed by atoms with Crippen molar-refractivity contribution in [3.63, 3.8) is 0 Å². The van der Waals surface area contributed by atoms with Gasteiger partial charge >= 0.3 is 0 Å². The summed E-state index contributed by atoms with van der Waals surface area (Å²) in [5.74, 6) is 1.03. The maximum atomic E-state index is 4.65. The number of rotatable bonds is 2. The maximum absolute atomic E-state index is 4.65. The van der Waals surface area contributed by atoms with E-state index in [1.54, 1.807) is 0 Å². The van der Waals surface area contributed by atoms with Crippen LogP contribution in [0.4, 0.5) is 0 Å². The largest absolute Gasteiger partial charge is 0.338 e. The van der Waals surface area contributed by atoms with Crippen LogP contribution in [0.25, 0.3) is 0 Å². The number of amidine groups is 1. The molecule has 0 fully saturated rings. The highest BCUT2D eigenvalue weighted by molar-refractivity contribution is 5.81. The Kier molecular flexibility index (Phi) is 4.37. The van der Waals surface area contributed by atoms with E-state index in [0.29, 0.717) is 6.04 Å². The fourth-order valence-corrected chi connectivity index (χ4v) is 0.837. The van der Waals surface area contributed by atoms with E-state index in [-0.39, 0.29) is 5.41 Å². The SMILES string of the molecule is C=C(C)N(C)C(C)=NC(C)C(C)(C)C.